The van der Waals surface area contributed by atoms with E-state index >= 15 is 0 Å². The molecule has 0 bridgehead atoms. The molecule has 0 N–H and O–H groups in total. The molecule has 3 aromatic rings. The zero-order valence-corrected chi connectivity index (χ0v) is 12.3. The number of aryl methyl sites for hydroxylation is 1. The summed E-state index contributed by atoms with van der Waals surface area (Å²) in [7, 11) is 0. The third-order valence-electron chi connectivity index (χ3n) is 3.14. The monoisotopic (exact) mass is 299 g/mol. The summed E-state index contributed by atoms with van der Waals surface area (Å²) in [6.07, 6.45) is 5.93. The van der Waals surface area contributed by atoms with Crippen LogP contribution in [-0.4, -0.2) is 24.7 Å². The minimum absolute atomic E-state index is 0.627. The van der Waals surface area contributed by atoms with E-state index in [1.807, 2.05) is 35.9 Å². The maximum atomic E-state index is 5.90. The van der Waals surface area contributed by atoms with Crippen LogP contribution >= 0.6 is 11.6 Å². The molecule has 0 saturated carbocycles. The molecule has 2 aromatic heterocycles. The molecule has 6 heteroatoms. The number of rotatable bonds is 4. The predicted octanol–water partition coefficient (Wildman–Crippen LogP) is 3.00. The van der Waals surface area contributed by atoms with Crippen molar-refractivity contribution in [3.05, 3.63) is 59.4 Å². The van der Waals surface area contributed by atoms with Crippen LogP contribution in [-0.2, 0) is 13.0 Å². The second-order valence-corrected chi connectivity index (χ2v) is 5.05. The number of nitrogens with zero attached hydrogens (tertiary/aromatic N) is 5. The largest absolute Gasteiger partial charge is 0.241 e. The molecule has 0 spiro atoms. The van der Waals surface area contributed by atoms with Crippen molar-refractivity contribution >= 4 is 11.6 Å². The Bertz CT molecular complexity index is 719. The molecule has 21 heavy (non-hydrogen) atoms. The number of halogens is 1. The molecular weight excluding hydrogens is 286 g/mol. The van der Waals surface area contributed by atoms with Gasteiger partial charge in [0.05, 0.1) is 12.1 Å². The molecule has 2 heterocycles. The molecule has 0 saturated heterocycles. The highest BCUT2D eigenvalue weighted by molar-refractivity contribution is 6.30. The molecule has 1 aromatic carbocycles. The average Bonchev–Trinajstić information content (AvgIpc) is 2.98. The van der Waals surface area contributed by atoms with E-state index < -0.39 is 0 Å². The third-order valence-corrected chi connectivity index (χ3v) is 3.39. The first kappa shape index (κ1) is 13.7. The van der Waals surface area contributed by atoms with Gasteiger partial charge in [0.1, 0.15) is 12.2 Å². The molecule has 0 amide bonds. The van der Waals surface area contributed by atoms with Gasteiger partial charge >= 0.3 is 0 Å². The van der Waals surface area contributed by atoms with Crippen LogP contribution in [0.3, 0.4) is 0 Å². The smallest absolute Gasteiger partial charge is 0.161 e. The summed E-state index contributed by atoms with van der Waals surface area (Å²) in [6.45, 7) is 2.65. The van der Waals surface area contributed by atoms with Gasteiger partial charge in [0.25, 0.3) is 0 Å². The van der Waals surface area contributed by atoms with E-state index in [2.05, 4.69) is 20.1 Å². The van der Waals surface area contributed by atoms with Crippen LogP contribution in [0.1, 0.15) is 18.3 Å². The second-order valence-electron chi connectivity index (χ2n) is 4.61. The van der Waals surface area contributed by atoms with Crippen molar-refractivity contribution in [2.45, 2.75) is 19.9 Å². The maximum Gasteiger partial charge on any atom is 0.161 e. The van der Waals surface area contributed by atoms with E-state index in [0.717, 1.165) is 34.2 Å². The van der Waals surface area contributed by atoms with Crippen molar-refractivity contribution in [3.8, 4) is 11.4 Å². The van der Waals surface area contributed by atoms with E-state index in [-0.39, 0.29) is 0 Å². The number of hydrogen-bond donors (Lipinski definition) is 0. The van der Waals surface area contributed by atoms with Crippen LogP contribution in [0.25, 0.3) is 11.4 Å². The van der Waals surface area contributed by atoms with Crippen molar-refractivity contribution in [1.82, 2.24) is 24.7 Å². The van der Waals surface area contributed by atoms with Gasteiger partial charge in [-0.2, -0.15) is 5.10 Å². The fourth-order valence-corrected chi connectivity index (χ4v) is 2.14. The first-order chi connectivity index (χ1) is 10.3. The number of hydrogen-bond acceptors (Lipinski definition) is 4. The van der Waals surface area contributed by atoms with Crippen LogP contribution in [0.15, 0.2) is 43.0 Å². The lowest BCUT2D eigenvalue weighted by Crippen LogP contribution is -2.05. The summed E-state index contributed by atoms with van der Waals surface area (Å²) in [5.74, 6) is 1.58. The van der Waals surface area contributed by atoms with E-state index in [1.54, 1.807) is 18.7 Å². The Kier molecular flexibility index (Phi) is 3.92. The number of benzene rings is 1. The highest BCUT2D eigenvalue weighted by Gasteiger charge is 2.09. The summed E-state index contributed by atoms with van der Waals surface area (Å²) in [4.78, 5) is 12.9. The molecule has 0 atom stereocenters. The minimum atomic E-state index is 0.627. The summed E-state index contributed by atoms with van der Waals surface area (Å²) in [5.41, 5.74) is 1.97. The Balaban J connectivity index is 1.87. The first-order valence-electron chi connectivity index (χ1n) is 6.70. The number of aromatic nitrogens is 5. The van der Waals surface area contributed by atoms with Gasteiger partial charge in [-0.25, -0.2) is 19.6 Å². The zero-order valence-electron chi connectivity index (χ0n) is 11.6. The molecule has 3 rings (SSSR count). The molecule has 0 unspecified atom stereocenters. The van der Waals surface area contributed by atoms with Crippen LogP contribution in [0.2, 0.25) is 5.02 Å². The summed E-state index contributed by atoms with van der Waals surface area (Å²) < 4.78 is 1.83. The lowest BCUT2D eigenvalue weighted by atomic mass is 10.2. The van der Waals surface area contributed by atoms with Crippen LogP contribution in [0.5, 0.6) is 0 Å². The highest BCUT2D eigenvalue weighted by Crippen LogP contribution is 2.16. The standard InChI is InChI=1S/C15H14ClN5/c1-2-14-17-7-12(8-18-14)15-19-10-20-21(15)9-11-3-5-13(16)6-4-11/h3-8,10H,2,9H2,1H3. The van der Waals surface area contributed by atoms with Gasteiger partial charge in [0.15, 0.2) is 5.82 Å². The fourth-order valence-electron chi connectivity index (χ4n) is 2.02. The Hall–Kier alpha value is -2.27. The lowest BCUT2D eigenvalue weighted by Gasteiger charge is -2.06. The molecule has 0 aliphatic carbocycles. The Morgan fingerprint density at radius 3 is 2.43 bits per heavy atom. The maximum absolute atomic E-state index is 5.90. The molecule has 0 radical (unpaired) electrons. The van der Waals surface area contributed by atoms with Gasteiger partial charge in [-0.3, -0.25) is 0 Å². The van der Waals surface area contributed by atoms with Gasteiger partial charge in [-0.15, -0.1) is 0 Å². The SMILES string of the molecule is CCc1ncc(-c2ncnn2Cc2ccc(Cl)cc2)cn1. The zero-order chi connectivity index (χ0) is 14.7. The fraction of sp³-hybridized carbons (Fsp3) is 0.200. The van der Waals surface area contributed by atoms with Gasteiger partial charge < -0.3 is 0 Å². The molecule has 5 nitrogen and oxygen atoms in total. The normalized spacial score (nSPS) is 10.8. The van der Waals surface area contributed by atoms with Gasteiger partial charge in [0.2, 0.25) is 0 Å². The van der Waals surface area contributed by atoms with Gasteiger partial charge in [0, 0.05) is 23.8 Å². The molecule has 0 aliphatic rings. The molecule has 0 aliphatic heterocycles. The van der Waals surface area contributed by atoms with Crippen molar-refractivity contribution in [2.24, 2.45) is 0 Å². The van der Waals surface area contributed by atoms with Crippen LogP contribution in [0.4, 0.5) is 0 Å². The Morgan fingerprint density at radius 1 is 1.05 bits per heavy atom. The topological polar surface area (TPSA) is 56.5 Å². The third kappa shape index (κ3) is 3.08. The van der Waals surface area contributed by atoms with Crippen LogP contribution < -0.4 is 0 Å². The van der Waals surface area contributed by atoms with E-state index in [0.29, 0.717) is 6.54 Å². The second kappa shape index (κ2) is 6.01. The van der Waals surface area contributed by atoms with E-state index in [4.69, 9.17) is 11.6 Å². The van der Waals surface area contributed by atoms with Crippen LogP contribution in [0, 0.1) is 0 Å². The van der Waals surface area contributed by atoms with Gasteiger partial charge in [-0.1, -0.05) is 30.7 Å². The van der Waals surface area contributed by atoms with E-state index in [1.165, 1.54) is 0 Å². The van der Waals surface area contributed by atoms with Gasteiger partial charge in [-0.05, 0) is 17.7 Å². The lowest BCUT2D eigenvalue weighted by molar-refractivity contribution is 0.692. The van der Waals surface area contributed by atoms with Crippen molar-refractivity contribution in [1.29, 1.82) is 0 Å². The van der Waals surface area contributed by atoms with Crippen molar-refractivity contribution in [2.75, 3.05) is 0 Å². The Labute approximate surface area is 127 Å². The van der Waals surface area contributed by atoms with E-state index in [9.17, 15) is 0 Å². The first-order valence-corrected chi connectivity index (χ1v) is 7.07. The quantitative estimate of drug-likeness (QED) is 0.743. The molecule has 106 valence electrons. The average molecular weight is 300 g/mol. The Morgan fingerprint density at radius 2 is 1.76 bits per heavy atom. The summed E-state index contributed by atoms with van der Waals surface area (Å²) >= 11 is 5.90. The molecule has 0 fully saturated rings. The molecular formula is C15H14ClN5. The van der Waals surface area contributed by atoms with Crippen molar-refractivity contribution < 1.29 is 0 Å². The predicted molar refractivity (Wildman–Crippen MR) is 81.0 cm³/mol. The summed E-state index contributed by atoms with van der Waals surface area (Å²) in [6, 6.07) is 7.69. The summed E-state index contributed by atoms with van der Waals surface area (Å²) in [5, 5.41) is 4.99. The minimum Gasteiger partial charge on any atom is -0.241 e. The van der Waals surface area contributed by atoms with Crippen molar-refractivity contribution in [3.63, 3.8) is 0 Å². The highest BCUT2D eigenvalue weighted by atomic mass is 35.5.